The third kappa shape index (κ3) is 5.35. The van der Waals surface area contributed by atoms with Gasteiger partial charge in [0.25, 0.3) is 5.69 Å². The number of rotatable bonds is 5. The number of nitrogens with one attached hydrogen (secondary N) is 1. The second-order valence-corrected chi connectivity index (χ2v) is 8.49. The fourth-order valence-corrected chi connectivity index (χ4v) is 4.39. The number of carbonyl (C=O) groups is 2. The number of anilines is 1. The summed E-state index contributed by atoms with van der Waals surface area (Å²) in [5.41, 5.74) is 1.57. The van der Waals surface area contributed by atoms with Crippen molar-refractivity contribution in [1.29, 1.82) is 0 Å². The van der Waals surface area contributed by atoms with Crippen LogP contribution in [0.15, 0.2) is 48.5 Å². The van der Waals surface area contributed by atoms with Crippen LogP contribution in [0.25, 0.3) is 0 Å². The SMILES string of the molecule is Cc1ccc(NC(=O)[C@@H](c2ccccc2)N2CCN(C(=O)N3CCOCC3)CC2)c([N+](=O)[O-])c1. The molecule has 0 aromatic heterocycles. The minimum absolute atomic E-state index is 0.000979. The van der Waals surface area contributed by atoms with Gasteiger partial charge in [0, 0.05) is 45.3 Å². The molecule has 1 atom stereocenters. The average Bonchev–Trinajstić information content (AvgIpc) is 2.86. The summed E-state index contributed by atoms with van der Waals surface area (Å²) in [7, 11) is 0. The van der Waals surface area contributed by atoms with E-state index in [9.17, 15) is 19.7 Å². The van der Waals surface area contributed by atoms with Gasteiger partial charge in [0.15, 0.2) is 0 Å². The van der Waals surface area contributed by atoms with Crippen molar-refractivity contribution < 1.29 is 19.2 Å². The molecule has 3 amide bonds. The number of nitrogens with zero attached hydrogens (tertiary/aromatic N) is 4. The van der Waals surface area contributed by atoms with Crippen LogP contribution in [-0.4, -0.2) is 84.0 Å². The Labute approximate surface area is 198 Å². The van der Waals surface area contributed by atoms with Gasteiger partial charge in [-0.05, 0) is 24.1 Å². The highest BCUT2D eigenvalue weighted by Gasteiger charge is 2.34. The summed E-state index contributed by atoms with van der Waals surface area (Å²) in [5, 5.41) is 14.3. The average molecular weight is 468 g/mol. The molecule has 2 fully saturated rings. The van der Waals surface area contributed by atoms with E-state index in [2.05, 4.69) is 5.32 Å². The third-order valence-corrected chi connectivity index (χ3v) is 6.20. The number of morpholine rings is 1. The first-order valence-corrected chi connectivity index (χ1v) is 11.4. The molecule has 10 heteroatoms. The van der Waals surface area contributed by atoms with Gasteiger partial charge in [-0.2, -0.15) is 0 Å². The highest BCUT2D eigenvalue weighted by atomic mass is 16.6. The lowest BCUT2D eigenvalue weighted by atomic mass is 10.0. The Balaban J connectivity index is 1.50. The molecule has 2 heterocycles. The molecule has 0 saturated carbocycles. The molecular formula is C24H29N5O5. The molecule has 4 rings (SSSR count). The van der Waals surface area contributed by atoms with Gasteiger partial charge >= 0.3 is 6.03 Å². The van der Waals surface area contributed by atoms with Gasteiger partial charge < -0.3 is 19.9 Å². The van der Waals surface area contributed by atoms with Crippen molar-refractivity contribution in [2.45, 2.75) is 13.0 Å². The van der Waals surface area contributed by atoms with Crippen LogP contribution in [0.2, 0.25) is 0 Å². The molecule has 2 saturated heterocycles. The van der Waals surface area contributed by atoms with Gasteiger partial charge in [0.1, 0.15) is 11.7 Å². The van der Waals surface area contributed by atoms with Crippen molar-refractivity contribution in [3.05, 3.63) is 69.8 Å². The Morgan fingerprint density at radius 2 is 1.62 bits per heavy atom. The zero-order valence-electron chi connectivity index (χ0n) is 19.2. The first kappa shape index (κ1) is 23.7. The first-order chi connectivity index (χ1) is 16.4. The Bertz CT molecular complexity index is 1030. The Morgan fingerprint density at radius 1 is 0.971 bits per heavy atom. The van der Waals surface area contributed by atoms with E-state index in [4.69, 9.17) is 4.74 Å². The normalized spacial score (nSPS) is 17.8. The van der Waals surface area contributed by atoms with Crippen LogP contribution in [0.5, 0.6) is 0 Å². The van der Waals surface area contributed by atoms with Crippen molar-refractivity contribution in [2.24, 2.45) is 0 Å². The van der Waals surface area contributed by atoms with E-state index in [-0.39, 0.29) is 23.3 Å². The number of urea groups is 1. The highest BCUT2D eigenvalue weighted by molar-refractivity contribution is 5.97. The van der Waals surface area contributed by atoms with Crippen LogP contribution in [-0.2, 0) is 9.53 Å². The fourth-order valence-electron chi connectivity index (χ4n) is 4.39. The van der Waals surface area contributed by atoms with Crippen LogP contribution in [0.4, 0.5) is 16.2 Å². The molecule has 10 nitrogen and oxygen atoms in total. The molecular weight excluding hydrogens is 438 g/mol. The van der Waals surface area contributed by atoms with E-state index in [0.29, 0.717) is 52.5 Å². The Kier molecular flexibility index (Phi) is 7.39. The Morgan fingerprint density at radius 3 is 2.26 bits per heavy atom. The van der Waals surface area contributed by atoms with Crippen LogP contribution < -0.4 is 5.32 Å². The van der Waals surface area contributed by atoms with E-state index in [1.165, 1.54) is 6.07 Å². The minimum Gasteiger partial charge on any atom is -0.378 e. The summed E-state index contributed by atoms with van der Waals surface area (Å²) in [6.07, 6.45) is 0. The standard InChI is InChI=1S/C24H29N5O5/c1-18-7-8-20(21(17-18)29(32)33)25-23(30)22(19-5-3-2-4-6-19)26-9-11-27(12-10-26)24(31)28-13-15-34-16-14-28/h2-8,17,22H,9-16H2,1H3,(H,25,30)/t22-/m1/s1. The van der Waals surface area contributed by atoms with Crippen LogP contribution in [0, 0.1) is 17.0 Å². The largest absolute Gasteiger partial charge is 0.378 e. The van der Waals surface area contributed by atoms with E-state index in [0.717, 1.165) is 11.1 Å². The first-order valence-electron chi connectivity index (χ1n) is 11.4. The van der Waals surface area contributed by atoms with Crippen molar-refractivity contribution >= 4 is 23.3 Å². The summed E-state index contributed by atoms with van der Waals surface area (Å²) < 4.78 is 5.33. The smallest absolute Gasteiger partial charge is 0.320 e. The molecule has 1 N–H and O–H groups in total. The number of ether oxygens (including phenoxy) is 1. The Hall–Kier alpha value is -3.50. The number of aryl methyl sites for hydroxylation is 1. The zero-order valence-corrected chi connectivity index (χ0v) is 19.2. The van der Waals surface area contributed by atoms with E-state index in [1.807, 2.05) is 40.1 Å². The number of piperazine rings is 1. The van der Waals surface area contributed by atoms with Crippen LogP contribution in [0.3, 0.4) is 0 Å². The number of hydrogen-bond acceptors (Lipinski definition) is 6. The van der Waals surface area contributed by atoms with Gasteiger partial charge in [-0.25, -0.2) is 4.79 Å². The number of amides is 3. The molecule has 180 valence electrons. The summed E-state index contributed by atoms with van der Waals surface area (Å²) in [6, 6.07) is 13.5. The molecule has 34 heavy (non-hydrogen) atoms. The summed E-state index contributed by atoms with van der Waals surface area (Å²) in [4.78, 5) is 43.0. The maximum Gasteiger partial charge on any atom is 0.320 e. The number of hydrogen-bond donors (Lipinski definition) is 1. The van der Waals surface area contributed by atoms with Crippen LogP contribution >= 0.6 is 0 Å². The lowest BCUT2D eigenvalue weighted by Crippen LogP contribution is -2.56. The molecule has 0 bridgehead atoms. The van der Waals surface area contributed by atoms with Gasteiger partial charge in [-0.1, -0.05) is 36.4 Å². The van der Waals surface area contributed by atoms with Crippen molar-refractivity contribution in [1.82, 2.24) is 14.7 Å². The summed E-state index contributed by atoms with van der Waals surface area (Å²) >= 11 is 0. The predicted molar refractivity (Wildman–Crippen MR) is 127 cm³/mol. The van der Waals surface area contributed by atoms with Gasteiger partial charge in [0.05, 0.1) is 18.1 Å². The van der Waals surface area contributed by atoms with Crippen molar-refractivity contribution in [3.63, 3.8) is 0 Å². The number of nitro benzene ring substituents is 1. The lowest BCUT2D eigenvalue weighted by molar-refractivity contribution is -0.384. The topological polar surface area (TPSA) is 108 Å². The summed E-state index contributed by atoms with van der Waals surface area (Å²) in [5.74, 6) is -0.342. The third-order valence-electron chi connectivity index (χ3n) is 6.20. The fraction of sp³-hybridized carbons (Fsp3) is 0.417. The predicted octanol–water partition coefficient (Wildman–Crippen LogP) is 2.65. The van der Waals surface area contributed by atoms with Gasteiger partial charge in [-0.3, -0.25) is 19.8 Å². The second-order valence-electron chi connectivity index (χ2n) is 8.49. The van der Waals surface area contributed by atoms with Gasteiger partial charge in [0.2, 0.25) is 5.91 Å². The van der Waals surface area contributed by atoms with E-state index in [1.54, 1.807) is 24.0 Å². The number of benzene rings is 2. The molecule has 2 aromatic carbocycles. The lowest BCUT2D eigenvalue weighted by Gasteiger charge is -2.41. The maximum atomic E-state index is 13.5. The maximum absolute atomic E-state index is 13.5. The zero-order chi connectivity index (χ0) is 24.1. The van der Waals surface area contributed by atoms with Crippen LogP contribution in [0.1, 0.15) is 17.2 Å². The van der Waals surface area contributed by atoms with E-state index < -0.39 is 11.0 Å². The molecule has 0 unspecified atom stereocenters. The molecule has 2 aliphatic rings. The minimum atomic E-state index is -0.636. The molecule has 2 aromatic rings. The quantitative estimate of drug-likeness (QED) is 0.535. The highest BCUT2D eigenvalue weighted by Crippen LogP contribution is 2.29. The number of carbonyl (C=O) groups excluding carboxylic acids is 2. The van der Waals surface area contributed by atoms with Crippen molar-refractivity contribution in [2.75, 3.05) is 57.8 Å². The van der Waals surface area contributed by atoms with Crippen molar-refractivity contribution in [3.8, 4) is 0 Å². The van der Waals surface area contributed by atoms with Gasteiger partial charge in [-0.15, -0.1) is 0 Å². The molecule has 0 spiro atoms. The number of nitro groups is 1. The van der Waals surface area contributed by atoms with E-state index >= 15 is 0 Å². The molecule has 2 aliphatic heterocycles. The second kappa shape index (κ2) is 10.6. The molecule has 0 radical (unpaired) electrons. The summed E-state index contributed by atoms with van der Waals surface area (Å²) in [6.45, 7) is 6.06. The monoisotopic (exact) mass is 467 g/mol. The molecule has 0 aliphatic carbocycles.